The molecule has 1 aromatic heterocycles. The fraction of sp³-hybridized carbons (Fsp3) is 0.0556. The molecule has 1 amide bonds. The van der Waals surface area contributed by atoms with Crippen LogP contribution in [0, 0.1) is 0 Å². The minimum absolute atomic E-state index is 0.198. The van der Waals surface area contributed by atoms with Crippen molar-refractivity contribution in [1.29, 1.82) is 0 Å². The van der Waals surface area contributed by atoms with Gasteiger partial charge in [0.05, 0.1) is 17.4 Å². The summed E-state index contributed by atoms with van der Waals surface area (Å²) in [4.78, 5) is 20.6. The van der Waals surface area contributed by atoms with E-state index < -0.39 is 0 Å². The van der Waals surface area contributed by atoms with E-state index in [0.717, 1.165) is 5.69 Å². The molecule has 0 saturated heterocycles. The number of nitrogens with one attached hydrogen (secondary N) is 3. The van der Waals surface area contributed by atoms with Crippen LogP contribution >= 0.6 is 11.6 Å². The van der Waals surface area contributed by atoms with E-state index in [-0.39, 0.29) is 5.91 Å². The molecule has 3 rings (SSSR count). The summed E-state index contributed by atoms with van der Waals surface area (Å²) in [5.74, 6) is 0.609. The SMILES string of the molecule is CNC(=O)c1ccccc1Nc1nc(Nc2ccccc2)ncc1Cl. The van der Waals surface area contributed by atoms with Gasteiger partial charge in [-0.05, 0) is 24.3 Å². The van der Waals surface area contributed by atoms with Gasteiger partial charge in [0.1, 0.15) is 5.02 Å². The zero-order chi connectivity index (χ0) is 17.6. The molecule has 0 fully saturated rings. The zero-order valence-corrected chi connectivity index (χ0v) is 14.2. The van der Waals surface area contributed by atoms with Gasteiger partial charge < -0.3 is 16.0 Å². The summed E-state index contributed by atoms with van der Waals surface area (Å²) in [6.45, 7) is 0. The molecule has 0 aliphatic carbocycles. The molecular formula is C18H16ClN5O. The van der Waals surface area contributed by atoms with Gasteiger partial charge in [-0.25, -0.2) is 4.98 Å². The highest BCUT2D eigenvalue weighted by Gasteiger charge is 2.12. The lowest BCUT2D eigenvalue weighted by molar-refractivity contribution is 0.0964. The van der Waals surface area contributed by atoms with E-state index in [1.165, 1.54) is 6.20 Å². The largest absolute Gasteiger partial charge is 0.355 e. The number of anilines is 4. The Hall–Kier alpha value is -3.12. The van der Waals surface area contributed by atoms with Gasteiger partial charge in [0.15, 0.2) is 5.82 Å². The molecule has 0 atom stereocenters. The summed E-state index contributed by atoms with van der Waals surface area (Å²) in [5, 5.41) is 9.17. The zero-order valence-electron chi connectivity index (χ0n) is 13.5. The van der Waals surface area contributed by atoms with Crippen LogP contribution in [0.4, 0.5) is 23.1 Å². The standard InChI is InChI=1S/C18H16ClN5O/c1-20-17(25)13-9-5-6-10-15(13)23-16-14(19)11-21-18(24-16)22-12-7-3-2-4-8-12/h2-11H,1H3,(H,20,25)(H2,21,22,23,24). The van der Waals surface area contributed by atoms with Crippen molar-refractivity contribution >= 4 is 40.6 Å². The maximum atomic E-state index is 12.0. The van der Waals surface area contributed by atoms with Gasteiger partial charge in [0.25, 0.3) is 5.91 Å². The molecule has 0 aliphatic rings. The molecular weight excluding hydrogens is 338 g/mol. The van der Waals surface area contributed by atoms with Crippen LogP contribution in [0.25, 0.3) is 0 Å². The number of amides is 1. The highest BCUT2D eigenvalue weighted by atomic mass is 35.5. The summed E-state index contributed by atoms with van der Waals surface area (Å²) < 4.78 is 0. The van der Waals surface area contributed by atoms with E-state index in [0.29, 0.717) is 28.0 Å². The summed E-state index contributed by atoms with van der Waals surface area (Å²) >= 11 is 6.20. The topological polar surface area (TPSA) is 78.9 Å². The van der Waals surface area contributed by atoms with E-state index in [2.05, 4.69) is 25.9 Å². The fourth-order valence-corrected chi connectivity index (χ4v) is 2.36. The molecule has 0 saturated carbocycles. The summed E-state index contributed by atoms with van der Waals surface area (Å²) in [6, 6.07) is 16.7. The van der Waals surface area contributed by atoms with Crippen molar-refractivity contribution in [3.05, 3.63) is 71.4 Å². The number of nitrogens with zero attached hydrogens (tertiary/aromatic N) is 2. The Balaban J connectivity index is 1.88. The van der Waals surface area contributed by atoms with Crippen molar-refractivity contribution in [2.24, 2.45) is 0 Å². The number of aromatic nitrogens is 2. The molecule has 0 unspecified atom stereocenters. The normalized spacial score (nSPS) is 10.2. The second-order valence-corrected chi connectivity index (χ2v) is 5.54. The molecule has 126 valence electrons. The molecule has 0 spiro atoms. The van der Waals surface area contributed by atoms with Gasteiger partial charge in [-0.1, -0.05) is 41.9 Å². The van der Waals surface area contributed by atoms with Gasteiger partial charge in [0, 0.05) is 12.7 Å². The molecule has 25 heavy (non-hydrogen) atoms. The first kappa shape index (κ1) is 16.7. The van der Waals surface area contributed by atoms with Gasteiger partial charge in [-0.3, -0.25) is 4.79 Å². The van der Waals surface area contributed by atoms with Crippen molar-refractivity contribution in [1.82, 2.24) is 15.3 Å². The molecule has 1 heterocycles. The second-order valence-electron chi connectivity index (χ2n) is 5.13. The highest BCUT2D eigenvalue weighted by Crippen LogP contribution is 2.26. The number of benzene rings is 2. The predicted octanol–water partition coefficient (Wildman–Crippen LogP) is 3.98. The van der Waals surface area contributed by atoms with Crippen LogP contribution in [-0.4, -0.2) is 22.9 Å². The van der Waals surface area contributed by atoms with Gasteiger partial charge in [-0.15, -0.1) is 0 Å². The number of carbonyl (C=O) groups is 1. The number of halogens is 1. The van der Waals surface area contributed by atoms with Crippen LogP contribution in [0.2, 0.25) is 5.02 Å². The van der Waals surface area contributed by atoms with E-state index in [1.54, 1.807) is 25.2 Å². The summed E-state index contributed by atoms with van der Waals surface area (Å²) in [7, 11) is 1.58. The lowest BCUT2D eigenvalue weighted by Crippen LogP contribution is -2.19. The molecule has 3 aromatic rings. The van der Waals surface area contributed by atoms with E-state index in [1.807, 2.05) is 36.4 Å². The van der Waals surface area contributed by atoms with Crippen LogP contribution < -0.4 is 16.0 Å². The maximum Gasteiger partial charge on any atom is 0.253 e. The molecule has 6 nitrogen and oxygen atoms in total. The Morgan fingerprint density at radius 3 is 2.48 bits per heavy atom. The Labute approximate surface area is 150 Å². The highest BCUT2D eigenvalue weighted by molar-refractivity contribution is 6.33. The van der Waals surface area contributed by atoms with E-state index in [9.17, 15) is 4.79 Å². The average Bonchev–Trinajstić information content (AvgIpc) is 2.65. The fourth-order valence-electron chi connectivity index (χ4n) is 2.22. The number of carbonyl (C=O) groups excluding carboxylic acids is 1. The molecule has 0 aliphatic heterocycles. The third kappa shape index (κ3) is 4.05. The summed E-state index contributed by atoms with van der Waals surface area (Å²) in [5.41, 5.74) is 1.96. The second kappa shape index (κ2) is 7.63. The molecule has 7 heteroatoms. The number of rotatable bonds is 5. The van der Waals surface area contributed by atoms with E-state index in [4.69, 9.17) is 11.6 Å². The smallest absolute Gasteiger partial charge is 0.253 e. The van der Waals surface area contributed by atoms with Crippen molar-refractivity contribution in [3.63, 3.8) is 0 Å². The van der Waals surface area contributed by atoms with Crippen LogP contribution in [0.3, 0.4) is 0 Å². The van der Waals surface area contributed by atoms with Crippen LogP contribution in [0.1, 0.15) is 10.4 Å². The Kier molecular flexibility index (Phi) is 5.11. The number of hydrogen-bond donors (Lipinski definition) is 3. The van der Waals surface area contributed by atoms with Crippen molar-refractivity contribution in [3.8, 4) is 0 Å². The first-order valence-electron chi connectivity index (χ1n) is 7.60. The summed E-state index contributed by atoms with van der Waals surface area (Å²) in [6.07, 6.45) is 1.50. The van der Waals surface area contributed by atoms with Crippen LogP contribution in [-0.2, 0) is 0 Å². The minimum Gasteiger partial charge on any atom is -0.355 e. The number of hydrogen-bond acceptors (Lipinski definition) is 5. The lowest BCUT2D eigenvalue weighted by Gasteiger charge is -2.12. The Morgan fingerprint density at radius 2 is 1.72 bits per heavy atom. The third-order valence-corrected chi connectivity index (χ3v) is 3.70. The van der Waals surface area contributed by atoms with Crippen molar-refractivity contribution in [2.45, 2.75) is 0 Å². The average molecular weight is 354 g/mol. The predicted molar refractivity (Wildman–Crippen MR) is 99.9 cm³/mol. The van der Waals surface area contributed by atoms with Crippen molar-refractivity contribution < 1.29 is 4.79 Å². The van der Waals surface area contributed by atoms with Crippen LogP contribution in [0.5, 0.6) is 0 Å². The lowest BCUT2D eigenvalue weighted by atomic mass is 10.1. The molecule has 0 bridgehead atoms. The molecule has 0 radical (unpaired) electrons. The van der Waals surface area contributed by atoms with Crippen molar-refractivity contribution in [2.75, 3.05) is 17.7 Å². The Morgan fingerprint density at radius 1 is 1.00 bits per heavy atom. The van der Waals surface area contributed by atoms with Gasteiger partial charge in [0.2, 0.25) is 5.95 Å². The van der Waals surface area contributed by atoms with E-state index >= 15 is 0 Å². The molecule has 2 aromatic carbocycles. The third-order valence-electron chi connectivity index (χ3n) is 3.43. The first-order valence-corrected chi connectivity index (χ1v) is 7.98. The maximum absolute atomic E-state index is 12.0. The minimum atomic E-state index is -0.198. The van der Waals surface area contributed by atoms with Gasteiger partial charge >= 0.3 is 0 Å². The quantitative estimate of drug-likeness (QED) is 0.646. The first-order chi connectivity index (χ1) is 12.2. The number of para-hydroxylation sites is 2. The molecule has 3 N–H and O–H groups in total. The monoisotopic (exact) mass is 353 g/mol. The van der Waals surface area contributed by atoms with Gasteiger partial charge in [-0.2, -0.15) is 4.98 Å². The Bertz CT molecular complexity index is 886. The van der Waals surface area contributed by atoms with Crippen LogP contribution in [0.15, 0.2) is 60.8 Å².